The van der Waals surface area contributed by atoms with Gasteiger partial charge in [-0.2, -0.15) is 0 Å². The highest BCUT2D eigenvalue weighted by molar-refractivity contribution is 6.08. The van der Waals surface area contributed by atoms with Crippen molar-refractivity contribution < 1.29 is 28.2 Å². The molecule has 0 radical (unpaired) electrons. The van der Waals surface area contributed by atoms with Gasteiger partial charge in [0.05, 0.1) is 13.2 Å². The molecular formula is C20H25FN2O5. The molecule has 28 heavy (non-hydrogen) atoms. The van der Waals surface area contributed by atoms with Crippen molar-refractivity contribution in [1.82, 2.24) is 10.2 Å². The Hall–Kier alpha value is -2.64. The number of carbonyl (C=O) groups excluding carboxylic acids is 3. The number of hydrogen-bond acceptors (Lipinski definition) is 5. The van der Waals surface area contributed by atoms with Crippen LogP contribution in [0.3, 0.4) is 0 Å². The van der Waals surface area contributed by atoms with Gasteiger partial charge in [0.2, 0.25) is 0 Å². The summed E-state index contributed by atoms with van der Waals surface area (Å²) in [6, 6.07) is 5.10. The van der Waals surface area contributed by atoms with Crippen LogP contribution in [-0.4, -0.2) is 48.1 Å². The Kier molecular flexibility index (Phi) is 6.16. The molecular weight excluding hydrogens is 367 g/mol. The number of nitrogens with one attached hydrogen (secondary N) is 1. The molecule has 3 amide bonds. The van der Waals surface area contributed by atoms with Crippen LogP contribution in [0.1, 0.15) is 39.0 Å². The highest BCUT2D eigenvalue weighted by atomic mass is 19.1. The largest absolute Gasteiger partial charge is 0.493 e. The summed E-state index contributed by atoms with van der Waals surface area (Å²) >= 11 is 0. The van der Waals surface area contributed by atoms with Gasteiger partial charge in [-0.25, -0.2) is 9.18 Å². The quantitative estimate of drug-likeness (QED) is 0.438. The molecule has 1 aliphatic carbocycles. The third kappa shape index (κ3) is 4.26. The highest BCUT2D eigenvalue weighted by Crippen LogP contribution is 2.38. The Balaban J connectivity index is 1.41. The van der Waals surface area contributed by atoms with Gasteiger partial charge in [0.25, 0.3) is 5.91 Å². The Labute approximate surface area is 163 Å². The van der Waals surface area contributed by atoms with Crippen LogP contribution in [0.4, 0.5) is 9.18 Å². The first-order chi connectivity index (χ1) is 13.4. The van der Waals surface area contributed by atoms with Crippen LogP contribution >= 0.6 is 0 Å². The second-order valence-corrected chi connectivity index (χ2v) is 7.32. The van der Waals surface area contributed by atoms with Crippen LogP contribution in [0.15, 0.2) is 24.3 Å². The molecule has 1 N–H and O–H groups in total. The van der Waals surface area contributed by atoms with Gasteiger partial charge in [-0.05, 0) is 43.0 Å². The summed E-state index contributed by atoms with van der Waals surface area (Å²) in [5.74, 6) is -0.737. The van der Waals surface area contributed by atoms with E-state index in [0.717, 1.165) is 24.2 Å². The number of ether oxygens (including phenoxy) is 2. The minimum absolute atomic E-state index is 0.0438. The molecule has 1 aromatic carbocycles. The summed E-state index contributed by atoms with van der Waals surface area (Å²) in [5, 5.41) is 2.81. The molecule has 8 heteroatoms. The van der Waals surface area contributed by atoms with Gasteiger partial charge in [0.1, 0.15) is 23.7 Å². The number of benzene rings is 1. The van der Waals surface area contributed by atoms with Crippen molar-refractivity contribution in [3.63, 3.8) is 0 Å². The van der Waals surface area contributed by atoms with Crippen molar-refractivity contribution in [2.24, 2.45) is 5.92 Å². The summed E-state index contributed by atoms with van der Waals surface area (Å²) in [5.41, 5.74) is -0.876. The number of esters is 1. The second-order valence-electron chi connectivity index (χ2n) is 7.32. The summed E-state index contributed by atoms with van der Waals surface area (Å²) in [6.45, 7) is 1.96. The van der Waals surface area contributed by atoms with Crippen LogP contribution in [0.5, 0.6) is 5.75 Å². The molecule has 2 atom stereocenters. The maximum Gasteiger partial charge on any atom is 0.326 e. The third-order valence-corrected chi connectivity index (χ3v) is 5.42. The van der Waals surface area contributed by atoms with Crippen LogP contribution in [-0.2, 0) is 14.3 Å². The van der Waals surface area contributed by atoms with E-state index in [0.29, 0.717) is 25.2 Å². The number of nitrogens with zero attached hydrogens (tertiary/aromatic N) is 1. The minimum Gasteiger partial charge on any atom is -0.493 e. The Morgan fingerprint density at radius 2 is 2.00 bits per heavy atom. The summed E-state index contributed by atoms with van der Waals surface area (Å²) < 4.78 is 23.3. The Bertz CT molecular complexity index is 739. The fraction of sp³-hybridized carbons (Fsp3) is 0.550. The third-order valence-electron chi connectivity index (χ3n) is 5.42. The lowest BCUT2D eigenvalue weighted by Gasteiger charge is -2.36. The van der Waals surface area contributed by atoms with Crippen LogP contribution in [0.2, 0.25) is 0 Å². The maximum absolute atomic E-state index is 12.8. The molecule has 3 rings (SSSR count). The average molecular weight is 392 g/mol. The topological polar surface area (TPSA) is 84.9 Å². The minimum atomic E-state index is -0.876. The highest BCUT2D eigenvalue weighted by Gasteiger charge is 2.55. The van der Waals surface area contributed by atoms with Crippen molar-refractivity contribution in [2.75, 3.05) is 19.8 Å². The molecule has 2 fully saturated rings. The van der Waals surface area contributed by atoms with Crippen molar-refractivity contribution in [1.29, 1.82) is 0 Å². The first-order valence-electron chi connectivity index (χ1n) is 9.60. The monoisotopic (exact) mass is 392 g/mol. The van der Waals surface area contributed by atoms with Crippen LogP contribution < -0.4 is 10.1 Å². The van der Waals surface area contributed by atoms with E-state index in [2.05, 4.69) is 5.32 Å². The van der Waals surface area contributed by atoms with E-state index < -0.39 is 24.1 Å². The zero-order chi connectivity index (χ0) is 20.1. The van der Waals surface area contributed by atoms with Gasteiger partial charge in [-0.1, -0.05) is 19.8 Å². The zero-order valence-electron chi connectivity index (χ0n) is 15.9. The maximum atomic E-state index is 12.8. The van der Waals surface area contributed by atoms with E-state index in [1.165, 1.54) is 24.3 Å². The van der Waals surface area contributed by atoms with E-state index in [4.69, 9.17) is 9.47 Å². The van der Waals surface area contributed by atoms with Gasteiger partial charge < -0.3 is 14.8 Å². The first kappa shape index (κ1) is 20.1. The lowest BCUT2D eigenvalue weighted by Crippen LogP contribution is -2.54. The number of imide groups is 1. The molecule has 0 aromatic heterocycles. The molecule has 7 nitrogen and oxygen atoms in total. The molecule has 1 aromatic rings. The predicted molar refractivity (Wildman–Crippen MR) is 98.1 cm³/mol. The lowest BCUT2D eigenvalue weighted by atomic mass is 9.73. The predicted octanol–water partition coefficient (Wildman–Crippen LogP) is 2.64. The zero-order valence-corrected chi connectivity index (χ0v) is 15.9. The van der Waals surface area contributed by atoms with E-state index in [-0.39, 0.29) is 24.2 Å². The van der Waals surface area contributed by atoms with E-state index in [9.17, 15) is 18.8 Å². The molecule has 1 saturated carbocycles. The summed E-state index contributed by atoms with van der Waals surface area (Å²) in [7, 11) is 0. The van der Waals surface area contributed by atoms with Crippen molar-refractivity contribution in [3.8, 4) is 5.75 Å². The standard InChI is InChI=1S/C20H25FN2O5/c1-14-5-2-3-10-20(14)18(25)23(19(26)22-20)13-17(24)28-12-4-11-27-16-8-6-15(21)7-9-16/h6-9,14H,2-5,10-13H2,1H3,(H,22,26). The normalized spacial score (nSPS) is 24.4. The summed E-state index contributed by atoms with van der Waals surface area (Å²) in [6.07, 6.45) is 3.82. The molecule has 0 bridgehead atoms. The van der Waals surface area contributed by atoms with Crippen LogP contribution in [0.25, 0.3) is 0 Å². The van der Waals surface area contributed by atoms with Crippen LogP contribution in [0, 0.1) is 11.7 Å². The van der Waals surface area contributed by atoms with Gasteiger partial charge in [-0.3, -0.25) is 14.5 Å². The number of amides is 3. The van der Waals surface area contributed by atoms with Gasteiger partial charge >= 0.3 is 12.0 Å². The molecule has 152 valence electrons. The number of carbonyl (C=O) groups is 3. The van der Waals surface area contributed by atoms with Crippen molar-refractivity contribution in [2.45, 2.75) is 44.6 Å². The number of hydrogen-bond donors (Lipinski definition) is 1. The van der Waals surface area contributed by atoms with Gasteiger partial charge in [0, 0.05) is 6.42 Å². The number of halogens is 1. The van der Waals surface area contributed by atoms with E-state index in [1.807, 2.05) is 6.92 Å². The van der Waals surface area contributed by atoms with Gasteiger partial charge in [-0.15, -0.1) is 0 Å². The van der Waals surface area contributed by atoms with E-state index >= 15 is 0 Å². The van der Waals surface area contributed by atoms with Crippen molar-refractivity contribution >= 4 is 17.9 Å². The Morgan fingerprint density at radius 3 is 2.71 bits per heavy atom. The SMILES string of the molecule is CC1CCCCC12NC(=O)N(CC(=O)OCCCOc1ccc(F)cc1)C2=O. The Morgan fingerprint density at radius 1 is 1.25 bits per heavy atom. The average Bonchev–Trinajstić information content (AvgIpc) is 2.90. The number of urea groups is 1. The fourth-order valence-corrected chi connectivity index (χ4v) is 3.78. The second kappa shape index (κ2) is 8.58. The summed E-state index contributed by atoms with van der Waals surface area (Å²) in [4.78, 5) is 38.0. The van der Waals surface area contributed by atoms with Gasteiger partial charge in [0.15, 0.2) is 0 Å². The molecule has 1 heterocycles. The molecule has 1 aliphatic heterocycles. The number of rotatable bonds is 7. The first-order valence-corrected chi connectivity index (χ1v) is 9.60. The lowest BCUT2D eigenvalue weighted by molar-refractivity contribution is -0.148. The van der Waals surface area contributed by atoms with Crippen molar-refractivity contribution in [3.05, 3.63) is 30.1 Å². The smallest absolute Gasteiger partial charge is 0.326 e. The fourth-order valence-electron chi connectivity index (χ4n) is 3.78. The molecule has 1 saturated heterocycles. The molecule has 2 aliphatic rings. The molecule has 1 spiro atoms. The molecule has 2 unspecified atom stereocenters. The van der Waals surface area contributed by atoms with E-state index in [1.54, 1.807) is 0 Å².